The molecule has 1 amide bonds. The molecule has 0 saturated carbocycles. The van der Waals surface area contributed by atoms with Gasteiger partial charge in [-0.2, -0.15) is 0 Å². The van der Waals surface area contributed by atoms with Crippen LogP contribution in [0.4, 0.5) is 20.2 Å². The molecule has 0 heterocycles. The third kappa shape index (κ3) is 3.03. The zero-order chi connectivity index (χ0) is 14.7. The minimum absolute atomic E-state index is 0.275. The van der Waals surface area contributed by atoms with Gasteiger partial charge in [0.15, 0.2) is 11.6 Å². The van der Waals surface area contributed by atoms with Crippen molar-refractivity contribution in [3.63, 3.8) is 0 Å². The van der Waals surface area contributed by atoms with Crippen LogP contribution >= 0.6 is 0 Å². The molecule has 0 atom stereocenters. The summed E-state index contributed by atoms with van der Waals surface area (Å²) in [7, 11) is 0. The topological polar surface area (TPSA) is 81.1 Å². The van der Waals surface area contributed by atoms with E-state index in [1.807, 2.05) is 0 Å². The van der Waals surface area contributed by atoms with Crippen molar-refractivity contribution in [3.05, 3.63) is 59.2 Å². The highest BCUT2D eigenvalue weighted by molar-refractivity contribution is 5.94. The highest BCUT2D eigenvalue weighted by Crippen LogP contribution is 2.20. The van der Waals surface area contributed by atoms with E-state index in [0.29, 0.717) is 22.5 Å². The number of carbonyl (C=O) groups is 1. The molecule has 5 N–H and O–H groups in total. The molecule has 0 spiro atoms. The van der Waals surface area contributed by atoms with Crippen molar-refractivity contribution in [2.45, 2.75) is 6.54 Å². The van der Waals surface area contributed by atoms with E-state index in [2.05, 4.69) is 5.32 Å². The lowest BCUT2D eigenvalue weighted by Gasteiger charge is -2.10. The number of nitrogens with one attached hydrogen (secondary N) is 1. The highest BCUT2D eigenvalue weighted by atomic mass is 19.2. The van der Waals surface area contributed by atoms with Crippen LogP contribution in [0.15, 0.2) is 36.4 Å². The molecule has 6 heteroatoms. The molecule has 0 unspecified atom stereocenters. The van der Waals surface area contributed by atoms with Crippen LogP contribution in [0.1, 0.15) is 15.9 Å². The van der Waals surface area contributed by atoms with Crippen molar-refractivity contribution in [3.8, 4) is 0 Å². The van der Waals surface area contributed by atoms with E-state index in [1.54, 1.807) is 6.07 Å². The second kappa shape index (κ2) is 5.56. The summed E-state index contributed by atoms with van der Waals surface area (Å²) in [5.41, 5.74) is 12.7. The molecule has 0 saturated heterocycles. The van der Waals surface area contributed by atoms with E-state index in [-0.39, 0.29) is 6.54 Å². The van der Waals surface area contributed by atoms with E-state index in [9.17, 15) is 13.6 Å². The number of nitrogens with two attached hydrogens (primary N) is 2. The third-order valence-corrected chi connectivity index (χ3v) is 2.80. The normalized spacial score (nSPS) is 10.3. The van der Waals surface area contributed by atoms with Gasteiger partial charge >= 0.3 is 0 Å². The molecule has 4 nitrogen and oxygen atoms in total. The summed E-state index contributed by atoms with van der Waals surface area (Å²) in [4.78, 5) is 11.0. The van der Waals surface area contributed by atoms with Gasteiger partial charge in [-0.25, -0.2) is 8.78 Å². The summed E-state index contributed by atoms with van der Waals surface area (Å²) in [5.74, 6) is -2.36. The van der Waals surface area contributed by atoms with Crippen LogP contribution in [0, 0.1) is 11.6 Å². The van der Waals surface area contributed by atoms with Gasteiger partial charge in [-0.3, -0.25) is 4.79 Å². The zero-order valence-corrected chi connectivity index (χ0v) is 10.5. The summed E-state index contributed by atoms with van der Waals surface area (Å²) in [6.07, 6.45) is 0. The van der Waals surface area contributed by atoms with Crippen molar-refractivity contribution in [1.29, 1.82) is 0 Å². The summed E-state index contributed by atoms with van der Waals surface area (Å²) in [6, 6.07) is 8.24. The fraction of sp³-hybridized carbons (Fsp3) is 0.0714. The van der Waals surface area contributed by atoms with Crippen LogP contribution in [0.2, 0.25) is 0 Å². The first-order chi connectivity index (χ1) is 9.47. The van der Waals surface area contributed by atoms with Crippen LogP contribution < -0.4 is 16.8 Å². The van der Waals surface area contributed by atoms with Gasteiger partial charge < -0.3 is 16.8 Å². The summed E-state index contributed by atoms with van der Waals surface area (Å²) in [6.45, 7) is 0.275. The van der Waals surface area contributed by atoms with E-state index in [0.717, 1.165) is 12.1 Å². The number of anilines is 2. The van der Waals surface area contributed by atoms with Crippen LogP contribution in [-0.4, -0.2) is 5.91 Å². The molecule has 20 heavy (non-hydrogen) atoms. The van der Waals surface area contributed by atoms with E-state index in [4.69, 9.17) is 11.5 Å². The summed E-state index contributed by atoms with van der Waals surface area (Å²) in [5, 5.41) is 2.98. The summed E-state index contributed by atoms with van der Waals surface area (Å²) < 4.78 is 25.8. The molecule has 2 rings (SSSR count). The zero-order valence-electron chi connectivity index (χ0n) is 10.5. The summed E-state index contributed by atoms with van der Waals surface area (Å²) >= 11 is 0. The Morgan fingerprint density at radius 3 is 2.45 bits per heavy atom. The number of hydrogen-bond donors (Lipinski definition) is 3. The lowest BCUT2D eigenvalue weighted by molar-refractivity contribution is 0.100. The molecule has 104 valence electrons. The van der Waals surface area contributed by atoms with Gasteiger partial charge in [-0.05, 0) is 35.9 Å². The average Bonchev–Trinajstić information content (AvgIpc) is 2.41. The second-order valence-electron chi connectivity index (χ2n) is 4.27. The van der Waals surface area contributed by atoms with Crippen molar-refractivity contribution in [2.24, 2.45) is 5.73 Å². The second-order valence-corrected chi connectivity index (χ2v) is 4.27. The third-order valence-electron chi connectivity index (χ3n) is 2.80. The standard InChI is InChI=1S/C14H13F2N3O/c15-10-3-1-8(5-11(10)16)7-19-13-4-2-9(14(18)20)6-12(13)17/h1-6,19H,7,17H2,(H2,18,20). The number of amides is 1. The maximum absolute atomic E-state index is 13.0. The van der Waals surface area contributed by atoms with Gasteiger partial charge in [0, 0.05) is 12.1 Å². The van der Waals surface area contributed by atoms with Gasteiger partial charge in [0.25, 0.3) is 0 Å². The fourth-order valence-corrected chi connectivity index (χ4v) is 1.72. The minimum Gasteiger partial charge on any atom is -0.397 e. The Hall–Kier alpha value is -2.63. The van der Waals surface area contributed by atoms with Crippen molar-refractivity contribution in [2.75, 3.05) is 11.1 Å². The highest BCUT2D eigenvalue weighted by Gasteiger charge is 2.06. The lowest BCUT2D eigenvalue weighted by Crippen LogP contribution is -2.12. The molecule has 0 aliphatic carbocycles. The van der Waals surface area contributed by atoms with E-state index in [1.165, 1.54) is 18.2 Å². The number of hydrogen-bond acceptors (Lipinski definition) is 3. The quantitative estimate of drug-likeness (QED) is 0.750. The maximum atomic E-state index is 13.0. The molecule has 0 aliphatic heterocycles. The molecule has 0 radical (unpaired) electrons. The minimum atomic E-state index is -0.902. The molecule has 0 fully saturated rings. The van der Waals surface area contributed by atoms with E-state index >= 15 is 0 Å². The Bertz CT molecular complexity index is 659. The van der Waals surface area contributed by atoms with Crippen LogP contribution in [0.25, 0.3) is 0 Å². The molecule has 0 aromatic heterocycles. The average molecular weight is 277 g/mol. The predicted molar refractivity (Wildman–Crippen MR) is 73.1 cm³/mol. The number of rotatable bonds is 4. The Labute approximate surface area is 114 Å². The number of carbonyl (C=O) groups excluding carboxylic acids is 1. The maximum Gasteiger partial charge on any atom is 0.248 e. The van der Waals surface area contributed by atoms with E-state index < -0.39 is 17.5 Å². The number of nitrogen functional groups attached to an aromatic ring is 1. The van der Waals surface area contributed by atoms with Crippen LogP contribution in [0.3, 0.4) is 0 Å². The number of benzene rings is 2. The molecular weight excluding hydrogens is 264 g/mol. The van der Waals surface area contributed by atoms with Crippen molar-refractivity contribution < 1.29 is 13.6 Å². The van der Waals surface area contributed by atoms with Gasteiger partial charge in [0.05, 0.1) is 11.4 Å². The molecule has 2 aromatic rings. The predicted octanol–water partition coefficient (Wildman–Crippen LogP) is 2.26. The fourth-order valence-electron chi connectivity index (χ4n) is 1.72. The largest absolute Gasteiger partial charge is 0.397 e. The Balaban J connectivity index is 2.10. The molecular formula is C14H13F2N3O. The van der Waals surface area contributed by atoms with Crippen molar-refractivity contribution >= 4 is 17.3 Å². The van der Waals surface area contributed by atoms with Gasteiger partial charge in [0.1, 0.15) is 0 Å². The first-order valence-corrected chi connectivity index (χ1v) is 5.84. The molecule has 0 bridgehead atoms. The Morgan fingerprint density at radius 2 is 1.85 bits per heavy atom. The number of primary amides is 1. The first-order valence-electron chi connectivity index (χ1n) is 5.84. The lowest BCUT2D eigenvalue weighted by atomic mass is 10.1. The Kier molecular flexibility index (Phi) is 3.84. The van der Waals surface area contributed by atoms with Crippen LogP contribution in [-0.2, 0) is 6.54 Å². The van der Waals surface area contributed by atoms with Crippen LogP contribution in [0.5, 0.6) is 0 Å². The SMILES string of the molecule is NC(=O)c1ccc(NCc2ccc(F)c(F)c2)c(N)c1. The number of halogens is 2. The Morgan fingerprint density at radius 1 is 1.10 bits per heavy atom. The van der Waals surface area contributed by atoms with Gasteiger partial charge in [-0.1, -0.05) is 6.07 Å². The molecule has 2 aromatic carbocycles. The van der Waals surface area contributed by atoms with Gasteiger partial charge in [0.2, 0.25) is 5.91 Å². The first kappa shape index (κ1) is 13.8. The van der Waals surface area contributed by atoms with Crippen molar-refractivity contribution in [1.82, 2.24) is 0 Å². The molecule has 0 aliphatic rings. The van der Waals surface area contributed by atoms with Gasteiger partial charge in [-0.15, -0.1) is 0 Å². The monoisotopic (exact) mass is 277 g/mol. The smallest absolute Gasteiger partial charge is 0.248 e.